The van der Waals surface area contributed by atoms with Gasteiger partial charge >= 0.3 is 12.2 Å². The van der Waals surface area contributed by atoms with Gasteiger partial charge in [-0.05, 0) is 36.8 Å². The highest BCUT2D eigenvalue weighted by Crippen LogP contribution is 2.53. The van der Waals surface area contributed by atoms with Gasteiger partial charge in [-0.1, -0.05) is 0 Å². The number of ether oxygens (including phenoxy) is 2. The molecule has 8 heteroatoms. The van der Waals surface area contributed by atoms with Crippen LogP contribution >= 0.6 is 0 Å². The zero-order valence-electron chi connectivity index (χ0n) is 13.2. The number of benzene rings is 1. The van der Waals surface area contributed by atoms with Crippen molar-refractivity contribution >= 4 is 11.7 Å². The fourth-order valence-electron chi connectivity index (χ4n) is 3.21. The molecule has 1 unspecified atom stereocenters. The van der Waals surface area contributed by atoms with Crippen LogP contribution in [0.1, 0.15) is 24.8 Å². The van der Waals surface area contributed by atoms with Crippen LogP contribution in [0.4, 0.5) is 23.7 Å². The molecule has 24 heavy (non-hydrogen) atoms. The van der Waals surface area contributed by atoms with Gasteiger partial charge < -0.3 is 20.1 Å². The van der Waals surface area contributed by atoms with Gasteiger partial charge in [-0.25, -0.2) is 4.79 Å². The van der Waals surface area contributed by atoms with Crippen LogP contribution in [0.2, 0.25) is 0 Å². The molecule has 0 bridgehead atoms. The molecule has 0 radical (unpaired) electrons. The maximum absolute atomic E-state index is 12.8. The standard InChI is InChI=1S/C16H19F3N2O3/c1-23-12-8-10(2-3-11(12)16(17,18)19)20-14(22)21-13-9-15(13)4-6-24-7-5-15/h2-3,8,13H,4-7,9H2,1H3,(H2,20,21,22). The largest absolute Gasteiger partial charge is 0.496 e. The summed E-state index contributed by atoms with van der Waals surface area (Å²) in [5.74, 6) is -0.326. The molecule has 2 N–H and O–H groups in total. The SMILES string of the molecule is COc1cc(NC(=O)NC2CC23CCOCC3)ccc1C(F)(F)F. The number of rotatable bonds is 3. The van der Waals surface area contributed by atoms with Crippen molar-refractivity contribution in [3.8, 4) is 5.75 Å². The summed E-state index contributed by atoms with van der Waals surface area (Å²) in [6.07, 6.45) is -1.74. The zero-order valence-corrected chi connectivity index (χ0v) is 13.2. The average molecular weight is 344 g/mol. The van der Waals surface area contributed by atoms with Crippen LogP contribution in [0.15, 0.2) is 18.2 Å². The first-order chi connectivity index (χ1) is 11.3. The van der Waals surface area contributed by atoms with Gasteiger partial charge in [0.1, 0.15) is 5.75 Å². The number of hydrogen-bond acceptors (Lipinski definition) is 3. The molecule has 3 rings (SSSR count). The maximum Gasteiger partial charge on any atom is 0.419 e. The van der Waals surface area contributed by atoms with E-state index in [1.807, 2.05) is 0 Å². The number of carbonyl (C=O) groups excluding carboxylic acids is 1. The maximum atomic E-state index is 12.8. The van der Waals surface area contributed by atoms with E-state index < -0.39 is 17.8 Å². The summed E-state index contributed by atoms with van der Waals surface area (Å²) >= 11 is 0. The second-order valence-electron chi connectivity index (χ2n) is 6.24. The van der Waals surface area contributed by atoms with E-state index in [-0.39, 0.29) is 22.9 Å². The quantitative estimate of drug-likeness (QED) is 0.883. The van der Waals surface area contributed by atoms with E-state index >= 15 is 0 Å². The first kappa shape index (κ1) is 16.9. The summed E-state index contributed by atoms with van der Waals surface area (Å²) in [5.41, 5.74) is -0.494. The van der Waals surface area contributed by atoms with Gasteiger partial charge in [-0.15, -0.1) is 0 Å². The molecule has 2 fully saturated rings. The van der Waals surface area contributed by atoms with Gasteiger partial charge in [-0.3, -0.25) is 0 Å². The third kappa shape index (κ3) is 3.43. The second-order valence-corrected chi connectivity index (χ2v) is 6.24. The Kier molecular flexibility index (Phi) is 4.33. The van der Waals surface area contributed by atoms with Gasteiger partial charge in [0.15, 0.2) is 0 Å². The Morgan fingerprint density at radius 2 is 2.04 bits per heavy atom. The first-order valence-corrected chi connectivity index (χ1v) is 7.75. The molecule has 2 aliphatic rings. The minimum atomic E-state index is -4.50. The minimum absolute atomic E-state index is 0.0951. The van der Waals surface area contributed by atoms with E-state index in [1.165, 1.54) is 12.1 Å². The third-order valence-corrected chi connectivity index (χ3v) is 4.75. The van der Waals surface area contributed by atoms with Crippen LogP contribution in [0.3, 0.4) is 0 Å². The van der Waals surface area contributed by atoms with Gasteiger partial charge in [0.25, 0.3) is 0 Å². The Bertz CT molecular complexity index is 627. The van der Waals surface area contributed by atoms with E-state index in [1.54, 1.807) is 0 Å². The lowest BCUT2D eigenvalue weighted by atomic mass is 9.96. The van der Waals surface area contributed by atoms with Gasteiger partial charge in [0.2, 0.25) is 0 Å². The van der Waals surface area contributed by atoms with Crippen LogP contribution in [0.25, 0.3) is 0 Å². The number of halogens is 3. The average Bonchev–Trinajstić information content (AvgIpc) is 3.17. The Morgan fingerprint density at radius 3 is 2.67 bits per heavy atom. The summed E-state index contributed by atoms with van der Waals surface area (Å²) < 4.78 is 48.6. The number of anilines is 1. The highest BCUT2D eigenvalue weighted by Gasteiger charge is 2.55. The molecule has 132 valence electrons. The lowest BCUT2D eigenvalue weighted by Crippen LogP contribution is -2.35. The lowest BCUT2D eigenvalue weighted by Gasteiger charge is -2.23. The predicted molar refractivity (Wildman–Crippen MR) is 81.0 cm³/mol. The summed E-state index contributed by atoms with van der Waals surface area (Å²) in [5, 5.41) is 5.44. The molecule has 0 aromatic heterocycles. The molecule has 5 nitrogen and oxygen atoms in total. The van der Waals surface area contributed by atoms with Crippen LogP contribution in [0.5, 0.6) is 5.75 Å². The molecule has 1 spiro atoms. The molecule has 1 atom stereocenters. The van der Waals surface area contributed by atoms with Crippen molar-refractivity contribution < 1.29 is 27.4 Å². The lowest BCUT2D eigenvalue weighted by molar-refractivity contribution is -0.138. The Labute approximate surface area is 137 Å². The number of alkyl halides is 3. The molecule has 1 heterocycles. The summed E-state index contributed by atoms with van der Waals surface area (Å²) in [6, 6.07) is 2.94. The summed E-state index contributed by atoms with van der Waals surface area (Å²) in [7, 11) is 1.16. The molecular formula is C16H19F3N2O3. The van der Waals surface area contributed by atoms with E-state index in [4.69, 9.17) is 9.47 Å². The fraction of sp³-hybridized carbons (Fsp3) is 0.562. The number of amides is 2. The molecule has 1 saturated heterocycles. The Morgan fingerprint density at radius 1 is 1.33 bits per heavy atom. The smallest absolute Gasteiger partial charge is 0.419 e. The van der Waals surface area contributed by atoms with Gasteiger partial charge in [0.05, 0.1) is 12.7 Å². The van der Waals surface area contributed by atoms with Crippen LogP contribution in [-0.2, 0) is 10.9 Å². The molecule has 1 aromatic rings. The minimum Gasteiger partial charge on any atom is -0.496 e. The Hall–Kier alpha value is -1.96. The first-order valence-electron chi connectivity index (χ1n) is 7.75. The van der Waals surface area contributed by atoms with Crippen LogP contribution in [-0.4, -0.2) is 32.4 Å². The van der Waals surface area contributed by atoms with Crippen molar-refractivity contribution in [2.24, 2.45) is 5.41 Å². The molecule has 1 aliphatic heterocycles. The third-order valence-electron chi connectivity index (χ3n) is 4.75. The van der Waals surface area contributed by atoms with Crippen molar-refractivity contribution in [3.05, 3.63) is 23.8 Å². The topological polar surface area (TPSA) is 59.6 Å². The molecule has 1 aliphatic carbocycles. The van der Waals surface area contributed by atoms with E-state index in [9.17, 15) is 18.0 Å². The monoisotopic (exact) mass is 344 g/mol. The normalized spacial score (nSPS) is 22.1. The summed E-state index contributed by atoms with van der Waals surface area (Å²) in [6.45, 7) is 1.41. The number of urea groups is 1. The molecule has 2 amide bonds. The van der Waals surface area contributed by atoms with Crippen molar-refractivity contribution in [2.45, 2.75) is 31.5 Å². The van der Waals surface area contributed by atoms with E-state index in [0.29, 0.717) is 13.2 Å². The fourth-order valence-corrected chi connectivity index (χ4v) is 3.21. The van der Waals surface area contributed by atoms with Crippen molar-refractivity contribution in [1.29, 1.82) is 0 Å². The van der Waals surface area contributed by atoms with E-state index in [0.717, 1.165) is 32.4 Å². The molecule has 1 aromatic carbocycles. The van der Waals surface area contributed by atoms with Crippen LogP contribution in [0, 0.1) is 5.41 Å². The number of carbonyl (C=O) groups is 1. The highest BCUT2D eigenvalue weighted by atomic mass is 19.4. The highest BCUT2D eigenvalue weighted by molar-refractivity contribution is 5.90. The second kappa shape index (κ2) is 6.16. The predicted octanol–water partition coefficient (Wildman–Crippen LogP) is 3.40. The van der Waals surface area contributed by atoms with Crippen molar-refractivity contribution in [2.75, 3.05) is 25.6 Å². The summed E-state index contributed by atoms with van der Waals surface area (Å²) in [4.78, 5) is 12.1. The van der Waals surface area contributed by atoms with Gasteiger partial charge in [-0.2, -0.15) is 13.2 Å². The van der Waals surface area contributed by atoms with E-state index in [2.05, 4.69) is 10.6 Å². The zero-order chi connectivity index (χ0) is 17.4. The Balaban J connectivity index is 1.61. The number of nitrogens with one attached hydrogen (secondary N) is 2. The van der Waals surface area contributed by atoms with Crippen molar-refractivity contribution in [3.63, 3.8) is 0 Å². The van der Waals surface area contributed by atoms with Gasteiger partial charge in [0, 0.05) is 31.0 Å². The molecular weight excluding hydrogens is 325 g/mol. The molecule has 1 saturated carbocycles. The number of methoxy groups -OCH3 is 1. The number of hydrogen-bond donors (Lipinski definition) is 2. The van der Waals surface area contributed by atoms with Crippen LogP contribution < -0.4 is 15.4 Å². The van der Waals surface area contributed by atoms with Crippen molar-refractivity contribution in [1.82, 2.24) is 5.32 Å².